The Hall–Kier alpha value is -3.03. The molecule has 0 aromatic carbocycles. The number of pyridine rings is 2. The number of nitrogens with one attached hydrogen (secondary N) is 1. The van der Waals surface area contributed by atoms with E-state index in [4.69, 9.17) is 4.74 Å². The van der Waals surface area contributed by atoms with Gasteiger partial charge in [-0.15, -0.1) is 0 Å². The summed E-state index contributed by atoms with van der Waals surface area (Å²) in [6.07, 6.45) is 1.13. The molecule has 7 nitrogen and oxygen atoms in total. The summed E-state index contributed by atoms with van der Waals surface area (Å²) in [7, 11) is 0. The minimum absolute atomic E-state index is 0.0295. The molecule has 1 aliphatic heterocycles. The highest BCUT2D eigenvalue weighted by atomic mass is 19.1. The zero-order valence-corrected chi connectivity index (χ0v) is 13.8. The van der Waals surface area contributed by atoms with Crippen LogP contribution in [0.4, 0.5) is 10.1 Å². The van der Waals surface area contributed by atoms with Crippen molar-refractivity contribution in [1.82, 2.24) is 9.97 Å². The molecule has 25 heavy (non-hydrogen) atoms. The maximum absolute atomic E-state index is 14.6. The molecule has 1 N–H and O–H groups in total. The summed E-state index contributed by atoms with van der Waals surface area (Å²) in [4.78, 5) is 44.1. The molecule has 3 heterocycles. The Balaban J connectivity index is 2.24. The van der Waals surface area contributed by atoms with Gasteiger partial charge in [-0.05, 0) is 31.5 Å². The molecule has 0 unspecified atom stereocenters. The second kappa shape index (κ2) is 6.46. The number of nitrogens with zero attached hydrogens (tertiary/aromatic N) is 2. The second-order valence-electron chi connectivity index (χ2n) is 5.61. The number of halogens is 1. The Labute approximate surface area is 142 Å². The van der Waals surface area contributed by atoms with E-state index in [2.05, 4.69) is 9.97 Å². The van der Waals surface area contributed by atoms with Crippen LogP contribution in [0.25, 0.3) is 11.1 Å². The molecule has 3 rings (SSSR count). The number of rotatable bonds is 3. The highest BCUT2D eigenvalue weighted by molar-refractivity contribution is 6.05. The smallest absolute Gasteiger partial charge is 0.326 e. The molecule has 0 radical (unpaired) electrons. The average molecular weight is 345 g/mol. The monoisotopic (exact) mass is 345 g/mol. The largest absolute Gasteiger partial charge is 0.465 e. The number of hydrogen-bond donors (Lipinski definition) is 1. The molecular weight excluding hydrogens is 329 g/mol. The number of fused-ring (bicyclic) bond motifs is 3. The van der Waals surface area contributed by atoms with Crippen LogP contribution in [0.1, 0.15) is 18.2 Å². The fraction of sp³-hybridized carbons (Fsp3) is 0.294. The van der Waals surface area contributed by atoms with Crippen LogP contribution in [0.2, 0.25) is 0 Å². The highest BCUT2D eigenvalue weighted by Gasteiger charge is 2.31. The first-order valence-electron chi connectivity index (χ1n) is 7.76. The molecule has 2 aromatic rings. The SMILES string of the molecule is CCOC(=O)CN1C(=O)Cc2c(cc[nH]c2=O)-c2c1cc(C)nc2F. The number of anilines is 1. The van der Waals surface area contributed by atoms with E-state index in [1.54, 1.807) is 13.8 Å². The van der Waals surface area contributed by atoms with E-state index in [0.717, 1.165) is 4.90 Å². The lowest BCUT2D eigenvalue weighted by Crippen LogP contribution is -2.37. The van der Waals surface area contributed by atoms with Crippen molar-refractivity contribution in [2.75, 3.05) is 18.1 Å². The molecule has 0 atom stereocenters. The molecule has 0 spiro atoms. The average Bonchev–Trinajstić information content (AvgIpc) is 2.65. The van der Waals surface area contributed by atoms with Gasteiger partial charge in [-0.1, -0.05) is 0 Å². The number of carbonyl (C=O) groups excluding carboxylic acids is 2. The maximum Gasteiger partial charge on any atom is 0.326 e. The number of amides is 1. The van der Waals surface area contributed by atoms with Crippen LogP contribution >= 0.6 is 0 Å². The van der Waals surface area contributed by atoms with Gasteiger partial charge in [0, 0.05) is 17.5 Å². The Morgan fingerprint density at radius 3 is 2.92 bits per heavy atom. The molecule has 0 saturated heterocycles. The summed E-state index contributed by atoms with van der Waals surface area (Å²) in [5, 5.41) is 0. The first kappa shape index (κ1) is 16.8. The normalized spacial score (nSPS) is 13.1. The number of carbonyl (C=O) groups is 2. The van der Waals surface area contributed by atoms with Crippen LogP contribution in [-0.4, -0.2) is 35.0 Å². The lowest BCUT2D eigenvalue weighted by Gasteiger charge is -2.22. The number of esters is 1. The molecule has 1 amide bonds. The molecule has 0 bridgehead atoms. The van der Waals surface area contributed by atoms with Gasteiger partial charge >= 0.3 is 5.97 Å². The quantitative estimate of drug-likeness (QED) is 0.669. The Morgan fingerprint density at radius 2 is 2.20 bits per heavy atom. The van der Waals surface area contributed by atoms with E-state index in [1.165, 1.54) is 18.3 Å². The predicted octanol–water partition coefficient (Wildman–Crippen LogP) is 1.34. The summed E-state index contributed by atoms with van der Waals surface area (Å²) in [5.74, 6) is -1.91. The zero-order valence-electron chi connectivity index (χ0n) is 13.8. The van der Waals surface area contributed by atoms with Gasteiger partial charge in [-0.3, -0.25) is 14.4 Å². The summed E-state index contributed by atoms with van der Waals surface area (Å²) in [5.41, 5.74) is 0.545. The lowest BCUT2D eigenvalue weighted by molar-refractivity contribution is -0.142. The first-order chi connectivity index (χ1) is 11.9. The fourth-order valence-corrected chi connectivity index (χ4v) is 2.89. The van der Waals surface area contributed by atoms with E-state index >= 15 is 0 Å². The van der Waals surface area contributed by atoms with Crippen LogP contribution in [0, 0.1) is 12.9 Å². The van der Waals surface area contributed by atoms with Gasteiger partial charge in [-0.25, -0.2) is 4.98 Å². The van der Waals surface area contributed by atoms with Crippen molar-refractivity contribution in [2.24, 2.45) is 0 Å². The number of aromatic nitrogens is 2. The van der Waals surface area contributed by atoms with Gasteiger partial charge in [0.25, 0.3) is 5.56 Å². The first-order valence-corrected chi connectivity index (χ1v) is 7.76. The Bertz CT molecular complexity index is 923. The van der Waals surface area contributed by atoms with Crippen LogP contribution in [-0.2, 0) is 20.7 Å². The predicted molar refractivity (Wildman–Crippen MR) is 87.7 cm³/mol. The minimum Gasteiger partial charge on any atom is -0.465 e. The third-order valence-corrected chi connectivity index (χ3v) is 3.93. The van der Waals surface area contributed by atoms with Crippen molar-refractivity contribution in [3.63, 3.8) is 0 Å². The van der Waals surface area contributed by atoms with Crippen LogP contribution in [0.5, 0.6) is 0 Å². The van der Waals surface area contributed by atoms with Crippen molar-refractivity contribution < 1.29 is 18.7 Å². The van der Waals surface area contributed by atoms with Gasteiger partial charge in [0.1, 0.15) is 6.54 Å². The summed E-state index contributed by atoms with van der Waals surface area (Å²) >= 11 is 0. The molecular formula is C17H16FN3O4. The van der Waals surface area contributed by atoms with Gasteiger partial charge < -0.3 is 14.6 Å². The van der Waals surface area contributed by atoms with Crippen molar-refractivity contribution >= 4 is 17.6 Å². The van der Waals surface area contributed by atoms with Crippen molar-refractivity contribution in [2.45, 2.75) is 20.3 Å². The Kier molecular flexibility index (Phi) is 4.35. The number of H-pyrrole nitrogens is 1. The maximum atomic E-state index is 14.6. The zero-order chi connectivity index (χ0) is 18.1. The molecule has 1 aliphatic rings. The van der Waals surface area contributed by atoms with Crippen molar-refractivity contribution in [3.05, 3.63) is 45.9 Å². The topological polar surface area (TPSA) is 92.4 Å². The number of aryl methyl sites for hydroxylation is 1. The number of ether oxygens (including phenoxy) is 1. The summed E-state index contributed by atoms with van der Waals surface area (Å²) in [6, 6.07) is 3.04. The van der Waals surface area contributed by atoms with Crippen LogP contribution in [0.15, 0.2) is 23.1 Å². The Morgan fingerprint density at radius 1 is 1.44 bits per heavy atom. The van der Waals surface area contributed by atoms with E-state index in [-0.39, 0.29) is 36.4 Å². The van der Waals surface area contributed by atoms with Gasteiger partial charge in [0.15, 0.2) is 0 Å². The fourth-order valence-electron chi connectivity index (χ4n) is 2.89. The molecule has 130 valence electrons. The van der Waals surface area contributed by atoms with E-state index in [9.17, 15) is 18.8 Å². The lowest BCUT2D eigenvalue weighted by atomic mass is 10.0. The second-order valence-corrected chi connectivity index (χ2v) is 5.61. The van der Waals surface area contributed by atoms with E-state index < -0.39 is 23.4 Å². The van der Waals surface area contributed by atoms with Gasteiger partial charge in [0.2, 0.25) is 11.9 Å². The third kappa shape index (κ3) is 3.02. The molecule has 0 saturated carbocycles. The van der Waals surface area contributed by atoms with Crippen LogP contribution in [0.3, 0.4) is 0 Å². The number of aromatic amines is 1. The van der Waals surface area contributed by atoms with E-state index in [1.807, 2.05) is 0 Å². The van der Waals surface area contributed by atoms with Crippen molar-refractivity contribution in [1.29, 1.82) is 0 Å². The molecule has 0 aliphatic carbocycles. The highest BCUT2D eigenvalue weighted by Crippen LogP contribution is 2.37. The molecule has 8 heteroatoms. The van der Waals surface area contributed by atoms with Gasteiger partial charge in [-0.2, -0.15) is 4.39 Å². The summed E-state index contributed by atoms with van der Waals surface area (Å²) in [6.45, 7) is 3.03. The molecule has 0 fully saturated rings. The minimum atomic E-state index is -0.801. The summed E-state index contributed by atoms with van der Waals surface area (Å²) < 4.78 is 19.5. The van der Waals surface area contributed by atoms with E-state index in [0.29, 0.717) is 11.3 Å². The standard InChI is InChI=1S/C17H16FN3O4/c1-3-25-14(23)8-21-12-6-9(2)20-16(18)15(12)10-4-5-19-17(24)11(10)7-13(21)22/h4-6H,3,7-8H2,1-2H3,(H,19,24). The van der Waals surface area contributed by atoms with Crippen molar-refractivity contribution in [3.8, 4) is 11.1 Å². The number of hydrogen-bond acceptors (Lipinski definition) is 5. The third-order valence-electron chi connectivity index (χ3n) is 3.93. The van der Waals surface area contributed by atoms with Crippen LogP contribution < -0.4 is 10.5 Å². The molecule has 2 aromatic heterocycles. The van der Waals surface area contributed by atoms with Gasteiger partial charge in [0.05, 0.1) is 24.3 Å².